The smallest absolute Gasteiger partial charge is 0.241 e. The third-order valence-corrected chi connectivity index (χ3v) is 5.86. The van der Waals surface area contributed by atoms with E-state index in [-0.39, 0.29) is 10.9 Å². The molecule has 0 aliphatic rings. The summed E-state index contributed by atoms with van der Waals surface area (Å²) < 4.78 is 27.6. The summed E-state index contributed by atoms with van der Waals surface area (Å²) in [6, 6.07) is 2.46. The van der Waals surface area contributed by atoms with Crippen LogP contribution in [0.25, 0.3) is 0 Å². The van der Waals surface area contributed by atoms with E-state index in [0.717, 1.165) is 5.01 Å². The molecule has 1 atom stereocenters. The van der Waals surface area contributed by atoms with E-state index in [2.05, 4.69) is 9.71 Å². The highest BCUT2D eigenvalue weighted by Crippen LogP contribution is 2.27. The van der Waals surface area contributed by atoms with Crippen LogP contribution >= 0.6 is 22.9 Å². The monoisotopic (exact) mass is 345 g/mol. The quantitative estimate of drug-likeness (QED) is 0.815. The van der Waals surface area contributed by atoms with E-state index in [4.69, 9.17) is 17.3 Å². The van der Waals surface area contributed by atoms with Crippen molar-refractivity contribution in [1.29, 1.82) is 0 Å². The van der Waals surface area contributed by atoms with Gasteiger partial charge < -0.3 is 5.73 Å². The van der Waals surface area contributed by atoms with Crippen molar-refractivity contribution in [3.8, 4) is 0 Å². The van der Waals surface area contributed by atoms with Crippen molar-refractivity contribution in [2.45, 2.75) is 31.2 Å². The molecule has 0 aliphatic carbocycles. The first-order chi connectivity index (χ1) is 9.85. The van der Waals surface area contributed by atoms with E-state index in [1.807, 2.05) is 12.3 Å². The molecule has 2 rings (SSSR count). The number of rotatable bonds is 5. The molecule has 8 heteroatoms. The minimum atomic E-state index is -3.71. The average molecular weight is 346 g/mol. The predicted molar refractivity (Wildman–Crippen MR) is 86.1 cm³/mol. The maximum atomic E-state index is 12.5. The van der Waals surface area contributed by atoms with Crippen molar-refractivity contribution in [3.63, 3.8) is 0 Å². The van der Waals surface area contributed by atoms with Crippen LogP contribution in [0.3, 0.4) is 0 Å². The molecule has 0 aliphatic heterocycles. The lowest BCUT2D eigenvalue weighted by atomic mass is 10.2. The highest BCUT2D eigenvalue weighted by atomic mass is 35.5. The molecule has 0 bridgehead atoms. The number of halogens is 1. The SMILES string of the molecule is CCC(NS(=O)(=O)c1cc(N)c(C)c(Cl)c1)c1nccs1. The number of hydrogen-bond donors (Lipinski definition) is 2. The fraction of sp³-hybridized carbons (Fsp3) is 0.308. The van der Waals surface area contributed by atoms with Crippen LogP contribution in [0.2, 0.25) is 5.02 Å². The molecule has 21 heavy (non-hydrogen) atoms. The van der Waals surface area contributed by atoms with Crippen LogP contribution in [0.15, 0.2) is 28.6 Å². The third kappa shape index (κ3) is 3.55. The molecule has 1 aromatic carbocycles. The van der Waals surface area contributed by atoms with Crippen LogP contribution in [-0.2, 0) is 10.0 Å². The van der Waals surface area contributed by atoms with Gasteiger partial charge >= 0.3 is 0 Å². The number of hydrogen-bond acceptors (Lipinski definition) is 5. The van der Waals surface area contributed by atoms with E-state index >= 15 is 0 Å². The van der Waals surface area contributed by atoms with Crippen molar-refractivity contribution in [1.82, 2.24) is 9.71 Å². The Morgan fingerprint density at radius 2 is 2.19 bits per heavy atom. The molecular weight excluding hydrogens is 330 g/mol. The lowest BCUT2D eigenvalue weighted by Crippen LogP contribution is -2.28. The number of sulfonamides is 1. The molecule has 0 fully saturated rings. The van der Waals surface area contributed by atoms with Gasteiger partial charge in [0, 0.05) is 22.3 Å². The maximum absolute atomic E-state index is 12.5. The Hall–Kier alpha value is -1.15. The number of aromatic nitrogens is 1. The van der Waals surface area contributed by atoms with Crippen molar-refractivity contribution in [2.75, 3.05) is 5.73 Å². The van der Waals surface area contributed by atoms with Gasteiger partial charge in [-0.05, 0) is 31.0 Å². The van der Waals surface area contributed by atoms with Gasteiger partial charge in [-0.2, -0.15) is 0 Å². The molecule has 0 amide bonds. The summed E-state index contributed by atoms with van der Waals surface area (Å²) in [7, 11) is -3.71. The van der Waals surface area contributed by atoms with E-state index in [1.165, 1.54) is 23.5 Å². The Labute approximate surface area is 133 Å². The average Bonchev–Trinajstić information content (AvgIpc) is 2.95. The molecule has 2 aromatic rings. The Morgan fingerprint density at radius 1 is 1.48 bits per heavy atom. The number of nitrogens with one attached hydrogen (secondary N) is 1. The van der Waals surface area contributed by atoms with Crippen molar-refractivity contribution in [3.05, 3.63) is 39.3 Å². The summed E-state index contributed by atoms with van der Waals surface area (Å²) in [5, 5.41) is 2.87. The Bertz CT molecular complexity index is 707. The predicted octanol–water partition coefficient (Wildman–Crippen LogP) is 3.12. The summed E-state index contributed by atoms with van der Waals surface area (Å²) in [4.78, 5) is 4.22. The standard InChI is InChI=1S/C13H16ClN3O2S2/c1-3-12(13-16-4-5-20-13)17-21(18,19)9-6-10(14)8(2)11(15)7-9/h4-7,12,17H,3,15H2,1-2H3. The van der Waals surface area contributed by atoms with Crippen LogP contribution in [0.5, 0.6) is 0 Å². The molecule has 3 N–H and O–H groups in total. The highest BCUT2D eigenvalue weighted by Gasteiger charge is 2.23. The zero-order valence-corrected chi connectivity index (χ0v) is 14.0. The van der Waals surface area contributed by atoms with Crippen molar-refractivity contribution in [2.24, 2.45) is 0 Å². The van der Waals surface area contributed by atoms with Gasteiger partial charge in [0.2, 0.25) is 10.0 Å². The summed E-state index contributed by atoms with van der Waals surface area (Å²) in [5.41, 5.74) is 6.81. The number of benzene rings is 1. The zero-order valence-electron chi connectivity index (χ0n) is 11.6. The molecule has 1 aromatic heterocycles. The largest absolute Gasteiger partial charge is 0.398 e. The Morgan fingerprint density at radius 3 is 2.71 bits per heavy atom. The molecule has 1 heterocycles. The summed E-state index contributed by atoms with van der Waals surface area (Å²) >= 11 is 7.42. The topological polar surface area (TPSA) is 85.1 Å². The number of thiazole rings is 1. The maximum Gasteiger partial charge on any atom is 0.241 e. The fourth-order valence-electron chi connectivity index (χ4n) is 1.80. The van der Waals surface area contributed by atoms with Crippen LogP contribution in [-0.4, -0.2) is 13.4 Å². The molecule has 5 nitrogen and oxygen atoms in total. The van der Waals surface area contributed by atoms with Gasteiger partial charge in [-0.3, -0.25) is 0 Å². The molecule has 0 radical (unpaired) electrons. The fourth-order valence-corrected chi connectivity index (χ4v) is 4.28. The second kappa shape index (κ2) is 6.31. The number of nitrogens with two attached hydrogens (primary N) is 1. The first-order valence-corrected chi connectivity index (χ1v) is 9.06. The highest BCUT2D eigenvalue weighted by molar-refractivity contribution is 7.89. The van der Waals surface area contributed by atoms with Crippen LogP contribution in [0.1, 0.15) is 30.0 Å². The minimum Gasteiger partial charge on any atom is -0.398 e. The van der Waals surface area contributed by atoms with E-state index in [9.17, 15) is 8.42 Å². The lowest BCUT2D eigenvalue weighted by molar-refractivity contribution is 0.549. The zero-order chi connectivity index (χ0) is 15.6. The summed E-state index contributed by atoms with van der Waals surface area (Å²) in [6.45, 7) is 3.64. The molecule has 114 valence electrons. The van der Waals surface area contributed by atoms with Crippen LogP contribution < -0.4 is 10.5 Å². The molecule has 0 spiro atoms. The molecular formula is C13H16ClN3O2S2. The van der Waals surface area contributed by atoms with Crippen LogP contribution in [0.4, 0.5) is 5.69 Å². The van der Waals surface area contributed by atoms with E-state index < -0.39 is 10.0 Å². The van der Waals surface area contributed by atoms with Crippen LogP contribution in [0, 0.1) is 6.92 Å². The normalized spacial score (nSPS) is 13.3. The van der Waals surface area contributed by atoms with Gasteiger partial charge in [0.15, 0.2) is 0 Å². The van der Waals surface area contributed by atoms with Gasteiger partial charge in [-0.15, -0.1) is 11.3 Å². The second-order valence-corrected chi connectivity index (χ2v) is 7.62. The minimum absolute atomic E-state index is 0.0607. The second-order valence-electron chi connectivity index (χ2n) is 4.57. The van der Waals surface area contributed by atoms with Gasteiger partial charge in [-0.25, -0.2) is 18.1 Å². The Kier molecular flexibility index (Phi) is 4.88. The van der Waals surface area contributed by atoms with Gasteiger partial charge in [0.05, 0.1) is 10.9 Å². The van der Waals surface area contributed by atoms with Gasteiger partial charge in [0.1, 0.15) is 5.01 Å². The number of nitrogen functional groups attached to an aromatic ring is 1. The van der Waals surface area contributed by atoms with Crippen molar-refractivity contribution >= 4 is 38.6 Å². The Balaban J connectivity index is 2.34. The summed E-state index contributed by atoms with van der Waals surface area (Å²) in [5.74, 6) is 0. The molecule has 0 saturated heterocycles. The first kappa shape index (κ1) is 16.2. The number of anilines is 1. The molecule has 0 saturated carbocycles. The first-order valence-electron chi connectivity index (χ1n) is 6.32. The van der Waals surface area contributed by atoms with Gasteiger partial charge in [0.25, 0.3) is 0 Å². The van der Waals surface area contributed by atoms with E-state index in [0.29, 0.717) is 22.7 Å². The lowest BCUT2D eigenvalue weighted by Gasteiger charge is -2.16. The van der Waals surface area contributed by atoms with E-state index in [1.54, 1.807) is 13.1 Å². The molecule has 1 unspecified atom stereocenters. The van der Waals surface area contributed by atoms with Crippen molar-refractivity contribution < 1.29 is 8.42 Å². The summed E-state index contributed by atoms with van der Waals surface area (Å²) in [6.07, 6.45) is 2.25. The third-order valence-electron chi connectivity index (χ3n) is 3.12. The van der Waals surface area contributed by atoms with Gasteiger partial charge in [-0.1, -0.05) is 18.5 Å². The number of nitrogens with zero attached hydrogens (tertiary/aromatic N) is 1.